The molecule has 0 aromatic heterocycles. The Morgan fingerprint density at radius 3 is 2.65 bits per heavy atom. The van der Waals surface area contributed by atoms with E-state index in [1.165, 1.54) is 5.56 Å². The fourth-order valence-corrected chi connectivity index (χ4v) is 1.95. The van der Waals surface area contributed by atoms with Crippen LogP contribution >= 0.6 is 0 Å². The molecule has 1 aromatic carbocycles. The van der Waals surface area contributed by atoms with Crippen LogP contribution < -0.4 is 4.74 Å². The molecule has 96 valence electrons. The number of ether oxygens (including phenoxy) is 1. The van der Waals surface area contributed by atoms with Crippen molar-refractivity contribution in [1.82, 2.24) is 0 Å². The second-order valence-corrected chi connectivity index (χ2v) is 4.45. The highest BCUT2D eigenvalue weighted by atomic mass is 16.5. The van der Waals surface area contributed by atoms with E-state index in [-0.39, 0.29) is 12.5 Å². The Bertz CT molecular complexity index is 349. The van der Waals surface area contributed by atoms with Crippen LogP contribution in [-0.2, 0) is 0 Å². The zero-order valence-corrected chi connectivity index (χ0v) is 10.8. The summed E-state index contributed by atoms with van der Waals surface area (Å²) < 4.78 is 5.58. The standard InChI is InChI=1S/C14H22O3/c1-4-17-14-6-5-10(2)7-13(14)11(3)8-12(16)9-15/h5-7,11-12,15-16H,4,8-9H2,1-3H3. The van der Waals surface area contributed by atoms with Gasteiger partial charge >= 0.3 is 0 Å². The lowest BCUT2D eigenvalue weighted by molar-refractivity contribution is 0.0833. The summed E-state index contributed by atoms with van der Waals surface area (Å²) in [4.78, 5) is 0. The second kappa shape index (κ2) is 6.62. The van der Waals surface area contributed by atoms with E-state index in [1.54, 1.807) is 0 Å². The number of benzene rings is 1. The fraction of sp³-hybridized carbons (Fsp3) is 0.571. The molecule has 0 saturated heterocycles. The highest BCUT2D eigenvalue weighted by molar-refractivity contribution is 5.39. The third-order valence-corrected chi connectivity index (χ3v) is 2.83. The van der Waals surface area contributed by atoms with Gasteiger partial charge in [0.05, 0.1) is 19.3 Å². The van der Waals surface area contributed by atoms with Gasteiger partial charge in [0.15, 0.2) is 0 Å². The summed E-state index contributed by atoms with van der Waals surface area (Å²) in [7, 11) is 0. The summed E-state index contributed by atoms with van der Waals surface area (Å²) in [6, 6.07) is 6.07. The van der Waals surface area contributed by atoms with E-state index in [4.69, 9.17) is 9.84 Å². The van der Waals surface area contributed by atoms with E-state index in [0.29, 0.717) is 13.0 Å². The largest absolute Gasteiger partial charge is 0.494 e. The number of aliphatic hydroxyl groups is 2. The van der Waals surface area contributed by atoms with Crippen LogP contribution in [0.1, 0.15) is 37.3 Å². The summed E-state index contributed by atoms with van der Waals surface area (Å²) in [5.41, 5.74) is 2.27. The molecular weight excluding hydrogens is 216 g/mol. The summed E-state index contributed by atoms with van der Waals surface area (Å²) in [6.45, 7) is 6.47. The highest BCUT2D eigenvalue weighted by Crippen LogP contribution is 2.30. The Morgan fingerprint density at radius 1 is 1.35 bits per heavy atom. The maximum absolute atomic E-state index is 9.49. The highest BCUT2D eigenvalue weighted by Gasteiger charge is 2.15. The van der Waals surface area contributed by atoms with Gasteiger partial charge in [-0.05, 0) is 37.8 Å². The molecule has 0 heterocycles. The number of hydrogen-bond acceptors (Lipinski definition) is 3. The predicted molar refractivity (Wildman–Crippen MR) is 68.5 cm³/mol. The van der Waals surface area contributed by atoms with Crippen LogP contribution in [-0.4, -0.2) is 29.5 Å². The SMILES string of the molecule is CCOc1ccc(C)cc1C(C)CC(O)CO. The van der Waals surface area contributed by atoms with Crippen molar-refractivity contribution in [3.05, 3.63) is 29.3 Å². The van der Waals surface area contributed by atoms with Crippen molar-refractivity contribution in [1.29, 1.82) is 0 Å². The van der Waals surface area contributed by atoms with Gasteiger partial charge in [0, 0.05) is 0 Å². The van der Waals surface area contributed by atoms with Crippen molar-refractivity contribution < 1.29 is 14.9 Å². The lowest BCUT2D eigenvalue weighted by atomic mass is 9.93. The van der Waals surface area contributed by atoms with Crippen molar-refractivity contribution in [3.8, 4) is 5.75 Å². The molecule has 3 heteroatoms. The lowest BCUT2D eigenvalue weighted by Gasteiger charge is -2.19. The van der Waals surface area contributed by atoms with Crippen LogP contribution in [0.25, 0.3) is 0 Å². The Balaban J connectivity index is 2.89. The van der Waals surface area contributed by atoms with Crippen LogP contribution in [0, 0.1) is 6.92 Å². The van der Waals surface area contributed by atoms with Gasteiger partial charge in [-0.2, -0.15) is 0 Å². The number of hydrogen-bond donors (Lipinski definition) is 2. The van der Waals surface area contributed by atoms with Crippen molar-refractivity contribution >= 4 is 0 Å². The first-order chi connectivity index (χ1) is 8.08. The predicted octanol–water partition coefficient (Wildman–Crippen LogP) is 2.24. The van der Waals surface area contributed by atoms with E-state index in [0.717, 1.165) is 11.3 Å². The molecule has 0 fully saturated rings. The van der Waals surface area contributed by atoms with Gasteiger partial charge in [0.1, 0.15) is 5.75 Å². The molecule has 0 aliphatic heterocycles. The van der Waals surface area contributed by atoms with Gasteiger partial charge in [-0.15, -0.1) is 0 Å². The first kappa shape index (κ1) is 14.0. The minimum Gasteiger partial charge on any atom is -0.494 e. The second-order valence-electron chi connectivity index (χ2n) is 4.45. The Hall–Kier alpha value is -1.06. The third kappa shape index (κ3) is 4.02. The van der Waals surface area contributed by atoms with Gasteiger partial charge < -0.3 is 14.9 Å². The van der Waals surface area contributed by atoms with Crippen molar-refractivity contribution in [2.75, 3.05) is 13.2 Å². The summed E-state index contributed by atoms with van der Waals surface area (Å²) in [5, 5.41) is 18.4. The molecule has 2 N–H and O–H groups in total. The van der Waals surface area contributed by atoms with E-state index in [2.05, 4.69) is 6.07 Å². The normalized spacial score (nSPS) is 14.4. The Kier molecular flexibility index (Phi) is 5.45. The van der Waals surface area contributed by atoms with Gasteiger partial charge in [0.2, 0.25) is 0 Å². The Labute approximate surface area is 103 Å². The molecule has 3 nitrogen and oxygen atoms in total. The van der Waals surface area contributed by atoms with E-state index < -0.39 is 6.10 Å². The molecule has 2 atom stereocenters. The maximum atomic E-state index is 9.49. The van der Waals surface area contributed by atoms with E-state index >= 15 is 0 Å². The van der Waals surface area contributed by atoms with Crippen molar-refractivity contribution in [2.24, 2.45) is 0 Å². The summed E-state index contributed by atoms with van der Waals surface area (Å²) >= 11 is 0. The molecular formula is C14H22O3. The first-order valence-corrected chi connectivity index (χ1v) is 6.10. The van der Waals surface area contributed by atoms with Gasteiger partial charge in [-0.25, -0.2) is 0 Å². The molecule has 17 heavy (non-hydrogen) atoms. The topological polar surface area (TPSA) is 49.7 Å². The minimum atomic E-state index is -0.667. The quantitative estimate of drug-likeness (QED) is 0.799. The van der Waals surface area contributed by atoms with Crippen LogP contribution in [0.15, 0.2) is 18.2 Å². The Morgan fingerprint density at radius 2 is 2.06 bits per heavy atom. The fourth-order valence-electron chi connectivity index (χ4n) is 1.95. The zero-order chi connectivity index (χ0) is 12.8. The van der Waals surface area contributed by atoms with E-state index in [9.17, 15) is 5.11 Å². The molecule has 0 aliphatic rings. The van der Waals surface area contributed by atoms with Crippen LogP contribution in [0.5, 0.6) is 5.75 Å². The average Bonchev–Trinajstić information content (AvgIpc) is 2.31. The van der Waals surface area contributed by atoms with Gasteiger partial charge in [-0.3, -0.25) is 0 Å². The number of rotatable bonds is 6. The molecule has 0 bridgehead atoms. The van der Waals surface area contributed by atoms with Crippen LogP contribution in [0.4, 0.5) is 0 Å². The molecule has 0 aliphatic carbocycles. The minimum absolute atomic E-state index is 0.165. The van der Waals surface area contributed by atoms with Crippen molar-refractivity contribution in [3.63, 3.8) is 0 Å². The lowest BCUT2D eigenvalue weighted by Crippen LogP contribution is -2.15. The molecule has 0 radical (unpaired) electrons. The van der Waals surface area contributed by atoms with Gasteiger partial charge in [-0.1, -0.05) is 24.6 Å². The molecule has 0 amide bonds. The first-order valence-electron chi connectivity index (χ1n) is 6.10. The maximum Gasteiger partial charge on any atom is 0.122 e. The molecule has 2 unspecified atom stereocenters. The average molecular weight is 238 g/mol. The smallest absolute Gasteiger partial charge is 0.122 e. The summed E-state index contributed by atoms with van der Waals surface area (Å²) in [5.74, 6) is 1.04. The zero-order valence-electron chi connectivity index (χ0n) is 10.8. The van der Waals surface area contributed by atoms with Crippen LogP contribution in [0.3, 0.4) is 0 Å². The molecule has 0 spiro atoms. The van der Waals surface area contributed by atoms with Gasteiger partial charge in [0.25, 0.3) is 0 Å². The van der Waals surface area contributed by atoms with E-state index in [1.807, 2.05) is 32.9 Å². The monoisotopic (exact) mass is 238 g/mol. The summed E-state index contributed by atoms with van der Waals surface area (Å²) in [6.07, 6.45) is -0.125. The molecule has 0 saturated carbocycles. The van der Waals surface area contributed by atoms with Crippen molar-refractivity contribution in [2.45, 2.75) is 39.2 Å². The molecule has 1 aromatic rings. The van der Waals surface area contributed by atoms with Crippen LogP contribution in [0.2, 0.25) is 0 Å². The number of aryl methyl sites for hydroxylation is 1. The third-order valence-electron chi connectivity index (χ3n) is 2.83. The molecule has 1 rings (SSSR count). The number of aliphatic hydroxyl groups excluding tert-OH is 2.